The van der Waals surface area contributed by atoms with Gasteiger partial charge in [0, 0.05) is 30.7 Å². The van der Waals surface area contributed by atoms with Gasteiger partial charge in [-0.25, -0.2) is 4.79 Å². The van der Waals surface area contributed by atoms with Crippen LogP contribution in [-0.2, 0) is 44.8 Å². The van der Waals surface area contributed by atoms with Gasteiger partial charge in [0.2, 0.25) is 5.91 Å². The summed E-state index contributed by atoms with van der Waals surface area (Å²) in [6.45, 7) is 6.64. The second-order valence-electron chi connectivity index (χ2n) is 12.3. The van der Waals surface area contributed by atoms with E-state index in [1.165, 1.54) is 19.5 Å². The molecule has 0 unspecified atom stereocenters. The Kier molecular flexibility index (Phi) is 8.00. The number of Topliss-reactive ketones (excluding diaryl/α,β-unsaturated/α-hetero) is 1. The number of hydrogen-bond donors (Lipinski definition) is 1. The Bertz CT molecular complexity index is 1360. The molecule has 1 amide bonds. The van der Waals surface area contributed by atoms with Gasteiger partial charge in [-0.15, -0.1) is 0 Å². The monoisotopic (exact) mass is 579 g/mol. The largest absolute Gasteiger partial charge is 0.472 e. The highest BCUT2D eigenvalue weighted by atomic mass is 16.6. The van der Waals surface area contributed by atoms with Crippen LogP contribution in [0.4, 0.5) is 0 Å². The number of ether oxygens (including phenoxy) is 3. The molecule has 2 aromatic rings. The fraction of sp³-hybridized carbons (Fsp3) is 0.531. The molecule has 1 aromatic carbocycles. The molecule has 0 radical (unpaired) electrons. The van der Waals surface area contributed by atoms with E-state index in [-0.39, 0.29) is 18.8 Å². The number of cyclic esters (lactones) is 1. The number of benzene rings is 1. The number of ketones is 1. The molecule has 0 bridgehead atoms. The Labute approximate surface area is 244 Å². The minimum Gasteiger partial charge on any atom is -0.472 e. The Hall–Kier alpha value is -3.95. The summed E-state index contributed by atoms with van der Waals surface area (Å²) in [6, 6.07) is 9.99. The summed E-state index contributed by atoms with van der Waals surface area (Å²) in [4.78, 5) is 66.1. The lowest BCUT2D eigenvalue weighted by molar-refractivity contribution is -0.208. The van der Waals surface area contributed by atoms with Gasteiger partial charge in [-0.05, 0) is 48.6 Å². The molecule has 2 aliphatic carbocycles. The van der Waals surface area contributed by atoms with Crippen LogP contribution in [-0.4, -0.2) is 41.7 Å². The summed E-state index contributed by atoms with van der Waals surface area (Å²) in [5.74, 6) is -4.44. The van der Waals surface area contributed by atoms with E-state index in [1.807, 2.05) is 44.2 Å². The fourth-order valence-electron chi connectivity index (χ4n) is 7.59. The summed E-state index contributed by atoms with van der Waals surface area (Å²) in [6.07, 6.45) is 2.42. The van der Waals surface area contributed by atoms with Crippen LogP contribution < -0.4 is 5.32 Å². The van der Waals surface area contributed by atoms with Gasteiger partial charge in [-0.1, -0.05) is 44.2 Å². The first-order valence-electron chi connectivity index (χ1n) is 14.4. The van der Waals surface area contributed by atoms with Crippen LogP contribution >= 0.6 is 0 Å². The topological polar surface area (TPSA) is 138 Å². The second kappa shape index (κ2) is 11.4. The third kappa shape index (κ3) is 5.34. The van der Waals surface area contributed by atoms with Crippen LogP contribution in [0.2, 0.25) is 0 Å². The fourth-order valence-corrected chi connectivity index (χ4v) is 7.59. The first-order valence-corrected chi connectivity index (χ1v) is 14.4. The minimum atomic E-state index is -1.16. The Balaban J connectivity index is 1.41. The molecule has 10 nitrogen and oxygen atoms in total. The highest BCUT2D eigenvalue weighted by Crippen LogP contribution is 2.65. The van der Waals surface area contributed by atoms with E-state index in [0.29, 0.717) is 24.8 Å². The standard InChI is InChI=1S/C32H37NO9/c1-18(29(37)40-16-20-8-6-5-7-9-20)33-28(36)23-14-24(41-19(2)34)26(35)27-31(23,3)12-10-22-30(38)42-25(15-32(22,27)4)21-11-13-39-17-21/h5-9,11,13,17-18,22-25,27H,10,12,14-16H2,1-4H3,(H,33,36)/t18-,22+,23+,24+,25+,27+,31+,32+/m1/s1. The Morgan fingerprint density at radius 2 is 1.83 bits per heavy atom. The van der Waals surface area contributed by atoms with Crippen LogP contribution in [0.1, 0.15) is 70.6 Å². The normalized spacial score (nSPS) is 32.9. The number of amides is 1. The molecule has 5 rings (SSSR count). The van der Waals surface area contributed by atoms with Gasteiger partial charge in [-0.3, -0.25) is 19.2 Å². The van der Waals surface area contributed by atoms with Gasteiger partial charge in [-0.2, -0.15) is 0 Å². The van der Waals surface area contributed by atoms with Crippen LogP contribution in [0, 0.1) is 28.6 Å². The van der Waals surface area contributed by atoms with E-state index in [9.17, 15) is 24.0 Å². The van der Waals surface area contributed by atoms with E-state index in [1.54, 1.807) is 13.0 Å². The average molecular weight is 580 g/mol. The molecule has 1 aliphatic heterocycles. The zero-order valence-corrected chi connectivity index (χ0v) is 24.3. The first-order chi connectivity index (χ1) is 19.9. The summed E-state index contributed by atoms with van der Waals surface area (Å²) < 4.78 is 21.9. The van der Waals surface area contributed by atoms with E-state index >= 15 is 0 Å². The Morgan fingerprint density at radius 1 is 1.10 bits per heavy atom. The minimum absolute atomic E-state index is 0.0145. The molecular weight excluding hydrogens is 542 g/mol. The molecule has 1 aromatic heterocycles. The number of carbonyl (C=O) groups is 5. The van der Waals surface area contributed by atoms with Crippen LogP contribution in [0.25, 0.3) is 0 Å². The molecule has 1 N–H and O–H groups in total. The van der Waals surface area contributed by atoms with Gasteiger partial charge in [0.25, 0.3) is 0 Å². The van der Waals surface area contributed by atoms with Crippen molar-refractivity contribution < 1.29 is 42.6 Å². The first kappa shape index (κ1) is 29.5. The summed E-state index contributed by atoms with van der Waals surface area (Å²) in [5.41, 5.74) is -0.236. The number of fused-ring (bicyclic) bond motifs is 3. The van der Waals surface area contributed by atoms with E-state index in [0.717, 1.165) is 5.56 Å². The molecule has 224 valence electrons. The molecule has 2 heterocycles. The SMILES string of the molecule is CC(=O)O[C@H]1C[C@@H](C(=O)N[C@H](C)C(=O)OCc2ccccc2)[C@]2(C)CC[C@H]3C(=O)O[C@H](c4ccoc4)C[C@]3(C)[C@H]2C1=O. The molecule has 10 heteroatoms. The summed E-state index contributed by atoms with van der Waals surface area (Å²) >= 11 is 0. The molecule has 2 saturated carbocycles. The van der Waals surface area contributed by atoms with E-state index in [2.05, 4.69) is 5.32 Å². The second-order valence-corrected chi connectivity index (χ2v) is 12.3. The van der Waals surface area contributed by atoms with Crippen LogP contribution in [0.15, 0.2) is 53.3 Å². The van der Waals surface area contributed by atoms with Crippen molar-refractivity contribution in [3.05, 3.63) is 60.1 Å². The predicted octanol–water partition coefficient (Wildman–Crippen LogP) is 4.08. The molecule has 3 aliphatic rings. The van der Waals surface area contributed by atoms with Gasteiger partial charge in [0.1, 0.15) is 18.8 Å². The van der Waals surface area contributed by atoms with Crippen molar-refractivity contribution in [2.45, 2.75) is 78.2 Å². The maximum Gasteiger partial charge on any atom is 0.328 e. The Morgan fingerprint density at radius 3 is 2.50 bits per heavy atom. The molecule has 3 fully saturated rings. The quantitative estimate of drug-likeness (QED) is 0.380. The number of rotatable bonds is 7. The van der Waals surface area contributed by atoms with Crippen molar-refractivity contribution in [2.75, 3.05) is 0 Å². The number of nitrogens with one attached hydrogen (secondary N) is 1. The van der Waals surface area contributed by atoms with Crippen LogP contribution in [0.5, 0.6) is 0 Å². The average Bonchev–Trinajstić information content (AvgIpc) is 3.48. The van der Waals surface area contributed by atoms with Crippen LogP contribution in [0.3, 0.4) is 0 Å². The molecule has 1 saturated heterocycles. The summed E-state index contributed by atoms with van der Waals surface area (Å²) in [7, 11) is 0. The molecule has 8 atom stereocenters. The lowest BCUT2D eigenvalue weighted by Crippen LogP contribution is -2.65. The maximum absolute atomic E-state index is 14.1. The van der Waals surface area contributed by atoms with Gasteiger partial charge in [0.05, 0.1) is 18.4 Å². The number of carbonyl (C=O) groups excluding carboxylic acids is 5. The van der Waals surface area contributed by atoms with Crippen molar-refractivity contribution in [3.63, 3.8) is 0 Å². The van der Waals surface area contributed by atoms with Gasteiger partial charge >= 0.3 is 17.9 Å². The third-order valence-corrected chi connectivity index (χ3v) is 9.58. The highest BCUT2D eigenvalue weighted by Gasteiger charge is 2.67. The predicted molar refractivity (Wildman–Crippen MR) is 147 cm³/mol. The van der Waals surface area contributed by atoms with E-state index < -0.39 is 70.6 Å². The third-order valence-electron chi connectivity index (χ3n) is 9.58. The molecule has 42 heavy (non-hydrogen) atoms. The zero-order valence-electron chi connectivity index (χ0n) is 24.3. The van der Waals surface area contributed by atoms with Gasteiger partial charge in [0.15, 0.2) is 11.9 Å². The number of furan rings is 1. The zero-order chi connectivity index (χ0) is 30.2. The van der Waals surface area contributed by atoms with Crippen molar-refractivity contribution >= 4 is 29.6 Å². The summed E-state index contributed by atoms with van der Waals surface area (Å²) in [5, 5.41) is 2.79. The lowest BCUT2D eigenvalue weighted by atomic mass is 9.43. The van der Waals surface area contributed by atoms with E-state index in [4.69, 9.17) is 18.6 Å². The van der Waals surface area contributed by atoms with Crippen molar-refractivity contribution in [3.8, 4) is 0 Å². The van der Waals surface area contributed by atoms with Gasteiger partial charge < -0.3 is 23.9 Å². The molecular formula is C32H37NO9. The highest BCUT2D eigenvalue weighted by molar-refractivity contribution is 5.94. The molecule has 0 spiro atoms. The number of esters is 3. The van der Waals surface area contributed by atoms with Crippen molar-refractivity contribution in [1.82, 2.24) is 5.32 Å². The maximum atomic E-state index is 14.1. The smallest absolute Gasteiger partial charge is 0.328 e. The number of hydrogen-bond acceptors (Lipinski definition) is 9. The van der Waals surface area contributed by atoms with Crippen molar-refractivity contribution in [1.29, 1.82) is 0 Å². The van der Waals surface area contributed by atoms with Crippen molar-refractivity contribution in [2.24, 2.45) is 28.6 Å². The lowest BCUT2D eigenvalue weighted by Gasteiger charge is -2.61.